The predicted octanol–water partition coefficient (Wildman–Crippen LogP) is 3.74. The van der Waals surface area contributed by atoms with E-state index in [0.29, 0.717) is 29.5 Å². The van der Waals surface area contributed by atoms with Gasteiger partial charge in [-0.1, -0.05) is 0 Å². The average Bonchev–Trinajstić information content (AvgIpc) is 2.68. The van der Waals surface area contributed by atoms with E-state index in [4.69, 9.17) is 9.47 Å². The fraction of sp³-hybridized carbons (Fsp3) is 0.550. The standard InChI is InChI=1S/C20H26F3N5O2/c1-4-29-12-30-17-10-14(20(21,22)23)7-8-16(17)18-13(2)24-19(27-26-18)25-15-6-5-9-28(3)11-15/h7-8,10,15H,4-6,9,11-12H2,1-3H3,(H,24,25,27)/t15-/m1/s1. The number of hydrogen-bond acceptors (Lipinski definition) is 7. The van der Waals surface area contributed by atoms with Gasteiger partial charge in [-0.05, 0) is 58.5 Å². The number of ether oxygens (including phenoxy) is 2. The number of benzene rings is 1. The molecular weight excluding hydrogens is 399 g/mol. The smallest absolute Gasteiger partial charge is 0.416 e. The molecule has 0 saturated carbocycles. The minimum atomic E-state index is -4.48. The van der Waals surface area contributed by atoms with Crippen LogP contribution >= 0.6 is 0 Å². The highest BCUT2D eigenvalue weighted by atomic mass is 19.4. The molecule has 1 aromatic carbocycles. The van der Waals surface area contributed by atoms with Gasteiger partial charge >= 0.3 is 6.18 Å². The molecule has 0 bridgehead atoms. The Bertz CT molecular complexity index is 863. The van der Waals surface area contributed by atoms with Crippen molar-refractivity contribution in [1.29, 1.82) is 0 Å². The molecule has 1 N–H and O–H groups in total. The molecule has 10 heteroatoms. The summed E-state index contributed by atoms with van der Waals surface area (Å²) < 4.78 is 50.0. The van der Waals surface area contributed by atoms with Gasteiger partial charge in [0.25, 0.3) is 0 Å². The van der Waals surface area contributed by atoms with Gasteiger partial charge in [0.05, 0.1) is 11.3 Å². The summed E-state index contributed by atoms with van der Waals surface area (Å²) in [5.74, 6) is 0.423. The first-order chi connectivity index (χ1) is 14.3. The molecule has 2 aromatic rings. The molecule has 1 saturated heterocycles. The van der Waals surface area contributed by atoms with Gasteiger partial charge < -0.3 is 19.7 Å². The molecular formula is C20H26F3N5O2. The molecule has 1 atom stereocenters. The molecule has 0 aliphatic carbocycles. The monoisotopic (exact) mass is 425 g/mol. The van der Waals surface area contributed by atoms with E-state index in [9.17, 15) is 13.2 Å². The van der Waals surface area contributed by atoms with Crippen molar-refractivity contribution >= 4 is 5.95 Å². The van der Waals surface area contributed by atoms with Crippen molar-refractivity contribution in [3.63, 3.8) is 0 Å². The van der Waals surface area contributed by atoms with Crippen LogP contribution in [0.1, 0.15) is 31.0 Å². The van der Waals surface area contributed by atoms with Gasteiger partial charge in [0.2, 0.25) is 5.95 Å². The first-order valence-corrected chi connectivity index (χ1v) is 9.86. The van der Waals surface area contributed by atoms with Gasteiger partial charge in [-0.3, -0.25) is 0 Å². The summed E-state index contributed by atoms with van der Waals surface area (Å²) >= 11 is 0. The lowest BCUT2D eigenvalue weighted by molar-refractivity contribution is -0.137. The Morgan fingerprint density at radius 1 is 1.27 bits per heavy atom. The fourth-order valence-corrected chi connectivity index (χ4v) is 3.38. The average molecular weight is 425 g/mol. The number of aromatic nitrogens is 3. The van der Waals surface area contributed by atoms with Crippen molar-refractivity contribution in [3.8, 4) is 17.0 Å². The van der Waals surface area contributed by atoms with Gasteiger partial charge in [0.15, 0.2) is 6.79 Å². The number of halogens is 3. The summed E-state index contributed by atoms with van der Waals surface area (Å²) in [6.07, 6.45) is -2.38. The number of nitrogens with one attached hydrogen (secondary N) is 1. The topological polar surface area (TPSA) is 72.4 Å². The Kier molecular flexibility index (Phi) is 7.09. The number of alkyl halides is 3. The Morgan fingerprint density at radius 3 is 2.73 bits per heavy atom. The zero-order chi connectivity index (χ0) is 21.7. The van der Waals surface area contributed by atoms with Crippen LogP contribution in [0.15, 0.2) is 18.2 Å². The third-order valence-corrected chi connectivity index (χ3v) is 4.88. The molecule has 1 aliphatic heterocycles. The Morgan fingerprint density at radius 2 is 2.07 bits per heavy atom. The van der Waals surface area contributed by atoms with Crippen LogP contribution in [0.3, 0.4) is 0 Å². The molecule has 30 heavy (non-hydrogen) atoms. The maximum Gasteiger partial charge on any atom is 0.416 e. The number of likely N-dealkylation sites (tertiary alicyclic amines) is 1. The summed E-state index contributed by atoms with van der Waals surface area (Å²) in [4.78, 5) is 6.70. The van der Waals surface area contributed by atoms with Gasteiger partial charge in [-0.15, -0.1) is 10.2 Å². The van der Waals surface area contributed by atoms with Crippen molar-refractivity contribution in [2.24, 2.45) is 0 Å². The highest BCUT2D eigenvalue weighted by Crippen LogP contribution is 2.37. The van der Waals surface area contributed by atoms with E-state index in [1.807, 2.05) is 0 Å². The van der Waals surface area contributed by atoms with E-state index < -0.39 is 11.7 Å². The number of anilines is 1. The van der Waals surface area contributed by atoms with Gasteiger partial charge in [-0.25, -0.2) is 4.98 Å². The summed E-state index contributed by atoms with van der Waals surface area (Å²) in [6.45, 7) is 5.68. The molecule has 2 heterocycles. The third-order valence-electron chi connectivity index (χ3n) is 4.88. The maximum atomic E-state index is 13.1. The van der Waals surface area contributed by atoms with E-state index in [1.54, 1.807) is 13.8 Å². The lowest BCUT2D eigenvalue weighted by Crippen LogP contribution is -2.40. The molecule has 1 fully saturated rings. The molecule has 164 valence electrons. The lowest BCUT2D eigenvalue weighted by Gasteiger charge is -2.30. The number of piperidine rings is 1. The normalized spacial score (nSPS) is 17.7. The Balaban J connectivity index is 1.86. The van der Waals surface area contributed by atoms with Crippen LogP contribution in [0.2, 0.25) is 0 Å². The van der Waals surface area contributed by atoms with Crippen LogP contribution in [0.25, 0.3) is 11.3 Å². The summed E-state index contributed by atoms with van der Waals surface area (Å²) in [5.41, 5.74) is 0.472. The predicted molar refractivity (Wildman–Crippen MR) is 106 cm³/mol. The van der Waals surface area contributed by atoms with Crippen LogP contribution in [0.4, 0.5) is 19.1 Å². The maximum absolute atomic E-state index is 13.1. The van der Waals surface area contributed by atoms with E-state index in [-0.39, 0.29) is 18.6 Å². The van der Waals surface area contributed by atoms with Gasteiger partial charge in [0, 0.05) is 24.8 Å². The molecule has 1 aliphatic rings. The quantitative estimate of drug-likeness (QED) is 0.535. The molecule has 7 nitrogen and oxygen atoms in total. The van der Waals surface area contributed by atoms with Gasteiger partial charge in [-0.2, -0.15) is 13.2 Å². The number of nitrogens with zero attached hydrogens (tertiary/aromatic N) is 4. The fourth-order valence-electron chi connectivity index (χ4n) is 3.38. The van der Waals surface area contributed by atoms with Gasteiger partial charge in [0.1, 0.15) is 11.4 Å². The zero-order valence-corrected chi connectivity index (χ0v) is 17.3. The summed E-state index contributed by atoms with van der Waals surface area (Å²) in [6, 6.07) is 3.49. The lowest BCUT2D eigenvalue weighted by atomic mass is 10.1. The summed E-state index contributed by atoms with van der Waals surface area (Å²) in [5, 5.41) is 11.7. The molecule has 1 aromatic heterocycles. The molecule has 0 radical (unpaired) electrons. The van der Waals surface area contributed by atoms with Crippen LogP contribution < -0.4 is 10.1 Å². The zero-order valence-electron chi connectivity index (χ0n) is 17.3. The minimum Gasteiger partial charge on any atom is -0.467 e. The SMILES string of the molecule is CCOCOc1cc(C(F)(F)F)ccc1-c1nnc(N[C@@H]2CCCN(C)C2)nc1C. The van der Waals surface area contributed by atoms with Crippen LogP contribution in [0, 0.1) is 6.92 Å². The van der Waals surface area contributed by atoms with E-state index >= 15 is 0 Å². The molecule has 0 spiro atoms. The number of hydrogen-bond donors (Lipinski definition) is 1. The number of likely N-dealkylation sites (N-methyl/N-ethyl adjacent to an activating group) is 1. The third kappa shape index (κ3) is 5.57. The molecule has 0 unspecified atom stereocenters. The molecule has 0 amide bonds. The highest BCUT2D eigenvalue weighted by Gasteiger charge is 2.32. The molecule has 3 rings (SSSR count). The van der Waals surface area contributed by atoms with Crippen molar-refractivity contribution in [3.05, 3.63) is 29.5 Å². The summed E-state index contributed by atoms with van der Waals surface area (Å²) in [7, 11) is 2.07. The number of aryl methyl sites for hydroxylation is 1. The second-order valence-corrected chi connectivity index (χ2v) is 7.28. The largest absolute Gasteiger partial charge is 0.467 e. The first kappa shape index (κ1) is 22.2. The van der Waals surface area contributed by atoms with Crippen molar-refractivity contribution < 1.29 is 22.6 Å². The van der Waals surface area contributed by atoms with E-state index in [2.05, 4.69) is 32.4 Å². The van der Waals surface area contributed by atoms with E-state index in [0.717, 1.165) is 38.1 Å². The van der Waals surface area contributed by atoms with Crippen molar-refractivity contribution in [2.45, 2.75) is 38.9 Å². The second kappa shape index (κ2) is 9.57. The van der Waals surface area contributed by atoms with Crippen molar-refractivity contribution in [1.82, 2.24) is 20.1 Å². The van der Waals surface area contributed by atoms with Crippen LogP contribution in [-0.4, -0.2) is 59.7 Å². The van der Waals surface area contributed by atoms with E-state index in [1.165, 1.54) is 6.07 Å². The van der Waals surface area contributed by atoms with Crippen molar-refractivity contribution in [2.75, 3.05) is 38.9 Å². The second-order valence-electron chi connectivity index (χ2n) is 7.28. The van der Waals surface area contributed by atoms with Crippen LogP contribution in [0.5, 0.6) is 5.75 Å². The highest BCUT2D eigenvalue weighted by molar-refractivity contribution is 5.69. The van der Waals surface area contributed by atoms with Crippen LogP contribution in [-0.2, 0) is 10.9 Å². The minimum absolute atomic E-state index is 0.0205. The number of rotatable bonds is 7. The first-order valence-electron chi connectivity index (χ1n) is 9.86. The Hall–Kier alpha value is -2.46. The Labute approximate surface area is 173 Å².